The molecule has 1 aromatic heterocycles. The van der Waals surface area contributed by atoms with E-state index in [2.05, 4.69) is 15.6 Å². The van der Waals surface area contributed by atoms with Gasteiger partial charge in [0.15, 0.2) is 0 Å². The largest absolute Gasteiger partial charge is 0.351 e. The molecule has 4 nitrogen and oxygen atoms in total. The smallest absolute Gasteiger partial charge is 0.267 e. The van der Waals surface area contributed by atoms with E-state index in [1.165, 1.54) is 12.8 Å². The minimum Gasteiger partial charge on any atom is -0.351 e. The predicted molar refractivity (Wildman–Crippen MR) is 82.0 cm³/mol. The lowest BCUT2D eigenvalue weighted by molar-refractivity contribution is 0.0926. The van der Waals surface area contributed by atoms with Crippen molar-refractivity contribution in [1.29, 1.82) is 0 Å². The van der Waals surface area contributed by atoms with E-state index in [1.807, 2.05) is 42.5 Å². The van der Waals surface area contributed by atoms with Crippen molar-refractivity contribution in [2.75, 3.05) is 0 Å². The van der Waals surface area contributed by atoms with Crippen LogP contribution in [0.4, 0.5) is 0 Å². The van der Waals surface area contributed by atoms with Gasteiger partial charge in [0.2, 0.25) is 0 Å². The molecule has 1 aromatic carbocycles. The molecule has 0 saturated carbocycles. The number of H-pyrrole nitrogens is 1. The number of fused-ring (bicyclic) bond motifs is 2. The molecule has 0 spiro atoms. The van der Waals surface area contributed by atoms with Crippen molar-refractivity contribution in [3.8, 4) is 11.3 Å². The van der Waals surface area contributed by atoms with Crippen LogP contribution in [0.5, 0.6) is 0 Å². The fourth-order valence-corrected chi connectivity index (χ4v) is 3.54. The van der Waals surface area contributed by atoms with E-state index < -0.39 is 0 Å². The van der Waals surface area contributed by atoms with Crippen molar-refractivity contribution < 1.29 is 4.79 Å². The highest BCUT2D eigenvalue weighted by Crippen LogP contribution is 2.28. The first kappa shape index (κ1) is 12.7. The Hall–Kier alpha value is -2.07. The molecule has 0 unspecified atom stereocenters. The molecule has 21 heavy (non-hydrogen) atoms. The predicted octanol–water partition coefficient (Wildman–Crippen LogP) is 2.30. The van der Waals surface area contributed by atoms with E-state index in [-0.39, 0.29) is 11.9 Å². The number of carbonyl (C=O) groups is 1. The minimum atomic E-state index is -0.00321. The average molecular weight is 281 g/mol. The molecule has 108 valence electrons. The molecule has 3 heterocycles. The summed E-state index contributed by atoms with van der Waals surface area (Å²) in [5.41, 5.74) is 2.71. The number of aromatic nitrogens is 1. The van der Waals surface area contributed by atoms with Gasteiger partial charge in [0.25, 0.3) is 5.91 Å². The van der Waals surface area contributed by atoms with Crippen molar-refractivity contribution in [2.24, 2.45) is 0 Å². The molecule has 0 radical (unpaired) electrons. The van der Waals surface area contributed by atoms with Crippen LogP contribution in [0.15, 0.2) is 42.5 Å². The summed E-state index contributed by atoms with van der Waals surface area (Å²) in [4.78, 5) is 15.6. The van der Waals surface area contributed by atoms with Gasteiger partial charge in [0, 0.05) is 23.8 Å². The van der Waals surface area contributed by atoms with Gasteiger partial charge in [-0.15, -0.1) is 0 Å². The minimum absolute atomic E-state index is 0.00321. The van der Waals surface area contributed by atoms with Crippen molar-refractivity contribution in [3.63, 3.8) is 0 Å². The summed E-state index contributed by atoms with van der Waals surface area (Å²) in [6.45, 7) is 0. The van der Waals surface area contributed by atoms with E-state index in [9.17, 15) is 4.79 Å². The second-order valence-electron chi connectivity index (χ2n) is 6.01. The summed E-state index contributed by atoms with van der Waals surface area (Å²) in [6.07, 6.45) is 3.48. The highest BCUT2D eigenvalue weighted by Gasteiger charge is 2.39. The Bertz CT molecular complexity index is 649. The molecule has 3 N–H and O–H groups in total. The van der Waals surface area contributed by atoms with Crippen molar-refractivity contribution in [2.45, 2.75) is 37.4 Å². The van der Waals surface area contributed by atoms with Crippen LogP contribution in [0.25, 0.3) is 11.3 Å². The number of aromatic amines is 1. The Morgan fingerprint density at radius 3 is 2.67 bits per heavy atom. The molecule has 4 heteroatoms. The van der Waals surface area contributed by atoms with E-state index in [4.69, 9.17) is 0 Å². The normalized spacial score (nSPS) is 27.0. The van der Waals surface area contributed by atoms with Gasteiger partial charge >= 0.3 is 0 Å². The molecule has 2 saturated heterocycles. The summed E-state index contributed by atoms with van der Waals surface area (Å²) in [6, 6.07) is 15.2. The van der Waals surface area contributed by atoms with Gasteiger partial charge in [0.05, 0.1) is 0 Å². The van der Waals surface area contributed by atoms with Gasteiger partial charge in [-0.25, -0.2) is 0 Å². The first-order valence-corrected chi connectivity index (χ1v) is 7.61. The maximum absolute atomic E-state index is 12.4. The standard InChI is InChI=1S/C17H19N3O/c21-17(20-16-10-12-6-7-14(16)18-12)15-9-8-13(19-15)11-4-2-1-3-5-11/h1-5,8-9,12,14,16,18-19H,6-7,10H2,(H,20,21)/t12-,14+,16-/m1/s1. The molecule has 2 aliphatic heterocycles. The van der Waals surface area contributed by atoms with Crippen LogP contribution in [0.3, 0.4) is 0 Å². The van der Waals surface area contributed by atoms with Crippen molar-refractivity contribution in [3.05, 3.63) is 48.2 Å². The number of hydrogen-bond acceptors (Lipinski definition) is 2. The monoisotopic (exact) mass is 281 g/mol. The maximum atomic E-state index is 12.4. The molecule has 3 atom stereocenters. The SMILES string of the molecule is O=C(N[C@@H]1C[C@H]2CC[C@@H]1N2)c1ccc(-c2ccccc2)[nH]1. The van der Waals surface area contributed by atoms with Crippen molar-refractivity contribution >= 4 is 5.91 Å². The molecule has 2 fully saturated rings. The van der Waals surface area contributed by atoms with Crippen LogP contribution in [-0.4, -0.2) is 29.0 Å². The zero-order chi connectivity index (χ0) is 14.2. The topological polar surface area (TPSA) is 56.9 Å². The van der Waals surface area contributed by atoms with Gasteiger partial charge in [-0.2, -0.15) is 0 Å². The van der Waals surface area contributed by atoms with Gasteiger partial charge in [-0.3, -0.25) is 4.79 Å². The lowest BCUT2D eigenvalue weighted by atomic mass is 9.95. The molecule has 2 bridgehead atoms. The number of hydrogen-bond donors (Lipinski definition) is 3. The number of rotatable bonds is 3. The second kappa shape index (κ2) is 5.04. The fraction of sp³-hybridized carbons (Fsp3) is 0.353. The highest BCUT2D eigenvalue weighted by molar-refractivity contribution is 5.93. The third kappa shape index (κ3) is 2.36. The highest BCUT2D eigenvalue weighted by atomic mass is 16.2. The Balaban J connectivity index is 1.47. The van der Waals surface area contributed by atoms with Gasteiger partial charge < -0.3 is 15.6 Å². The van der Waals surface area contributed by atoms with E-state index >= 15 is 0 Å². The Morgan fingerprint density at radius 1 is 1.10 bits per heavy atom. The van der Waals surface area contributed by atoms with Crippen LogP contribution in [-0.2, 0) is 0 Å². The summed E-state index contributed by atoms with van der Waals surface area (Å²) < 4.78 is 0. The quantitative estimate of drug-likeness (QED) is 0.808. The zero-order valence-corrected chi connectivity index (χ0v) is 11.8. The van der Waals surface area contributed by atoms with E-state index in [0.717, 1.165) is 17.7 Å². The lowest BCUT2D eigenvalue weighted by Crippen LogP contribution is -2.43. The first-order valence-electron chi connectivity index (χ1n) is 7.61. The first-order chi connectivity index (χ1) is 10.3. The molecular formula is C17H19N3O. The van der Waals surface area contributed by atoms with Crippen LogP contribution in [0.2, 0.25) is 0 Å². The van der Waals surface area contributed by atoms with Crippen LogP contribution in [0.1, 0.15) is 29.8 Å². The number of carbonyl (C=O) groups excluding carboxylic acids is 1. The Kier molecular flexibility index (Phi) is 3.04. The molecule has 2 aliphatic rings. The van der Waals surface area contributed by atoms with Gasteiger partial charge in [-0.05, 0) is 37.0 Å². The number of nitrogens with one attached hydrogen (secondary N) is 3. The Labute approximate surface area is 124 Å². The zero-order valence-electron chi connectivity index (χ0n) is 11.8. The molecule has 0 aliphatic carbocycles. The third-order valence-corrected chi connectivity index (χ3v) is 4.63. The van der Waals surface area contributed by atoms with Crippen molar-refractivity contribution in [1.82, 2.24) is 15.6 Å². The van der Waals surface area contributed by atoms with Crippen LogP contribution >= 0.6 is 0 Å². The van der Waals surface area contributed by atoms with Gasteiger partial charge in [0.1, 0.15) is 5.69 Å². The van der Waals surface area contributed by atoms with E-state index in [0.29, 0.717) is 17.8 Å². The summed E-state index contributed by atoms with van der Waals surface area (Å²) in [5.74, 6) is -0.00321. The summed E-state index contributed by atoms with van der Waals surface area (Å²) in [5, 5.41) is 6.70. The number of amides is 1. The molecular weight excluding hydrogens is 262 g/mol. The summed E-state index contributed by atoms with van der Waals surface area (Å²) >= 11 is 0. The fourth-order valence-electron chi connectivity index (χ4n) is 3.54. The lowest BCUT2D eigenvalue weighted by Gasteiger charge is -2.21. The molecule has 4 rings (SSSR count). The van der Waals surface area contributed by atoms with E-state index in [1.54, 1.807) is 0 Å². The third-order valence-electron chi connectivity index (χ3n) is 4.63. The number of benzene rings is 1. The molecule has 2 aromatic rings. The maximum Gasteiger partial charge on any atom is 0.267 e. The second-order valence-corrected chi connectivity index (χ2v) is 6.01. The van der Waals surface area contributed by atoms with Gasteiger partial charge in [-0.1, -0.05) is 30.3 Å². The van der Waals surface area contributed by atoms with Crippen LogP contribution in [0, 0.1) is 0 Å². The van der Waals surface area contributed by atoms with Crippen LogP contribution < -0.4 is 10.6 Å². The average Bonchev–Trinajstić information content (AvgIpc) is 3.24. The Morgan fingerprint density at radius 2 is 1.95 bits per heavy atom. The molecule has 1 amide bonds. The summed E-state index contributed by atoms with van der Waals surface area (Å²) in [7, 11) is 0.